The van der Waals surface area contributed by atoms with E-state index in [1.165, 1.54) is 0 Å². The number of rotatable bonds is 6. The van der Waals surface area contributed by atoms with Gasteiger partial charge in [-0.2, -0.15) is 10.4 Å². The summed E-state index contributed by atoms with van der Waals surface area (Å²) in [4.78, 5) is 19.0. The zero-order valence-corrected chi connectivity index (χ0v) is 22.4. The molecule has 10 heteroatoms. The SMILES string of the molecule is CC1CN(c2ccc(C3=CC(c4cnn(C)c4)=CN/C3=C(/C#N)C=N)cn2)CC1CNC(=O)OC(C)(C)C. The summed E-state index contributed by atoms with van der Waals surface area (Å²) in [6, 6.07) is 6.06. The van der Waals surface area contributed by atoms with Crippen molar-refractivity contribution in [2.24, 2.45) is 18.9 Å². The van der Waals surface area contributed by atoms with Gasteiger partial charge < -0.3 is 25.7 Å². The Balaban J connectivity index is 1.51. The summed E-state index contributed by atoms with van der Waals surface area (Å²) in [5, 5.41) is 27.6. The van der Waals surface area contributed by atoms with Crippen molar-refractivity contribution in [3.8, 4) is 6.07 Å². The number of nitrogens with zero attached hydrogens (tertiary/aromatic N) is 5. The van der Waals surface area contributed by atoms with Crippen LogP contribution in [0.5, 0.6) is 0 Å². The number of aromatic nitrogens is 3. The van der Waals surface area contributed by atoms with Gasteiger partial charge in [0.1, 0.15) is 17.5 Å². The van der Waals surface area contributed by atoms with Crippen LogP contribution < -0.4 is 15.5 Å². The number of pyridine rings is 1. The van der Waals surface area contributed by atoms with Crippen LogP contribution in [0.25, 0.3) is 11.1 Å². The largest absolute Gasteiger partial charge is 0.444 e. The number of allylic oxidation sites excluding steroid dienone is 4. The smallest absolute Gasteiger partial charge is 0.407 e. The number of carbonyl (C=O) groups excluding carboxylic acids is 1. The maximum Gasteiger partial charge on any atom is 0.407 e. The average Bonchev–Trinajstić information content (AvgIpc) is 3.48. The van der Waals surface area contributed by atoms with Crippen molar-refractivity contribution in [1.82, 2.24) is 25.4 Å². The highest BCUT2D eigenvalue weighted by Crippen LogP contribution is 2.33. The number of hydrogen-bond donors (Lipinski definition) is 3. The molecule has 3 N–H and O–H groups in total. The van der Waals surface area contributed by atoms with Gasteiger partial charge in [-0.15, -0.1) is 0 Å². The molecule has 0 aromatic carbocycles. The normalized spacial score (nSPS) is 20.6. The quantitative estimate of drug-likeness (QED) is 0.394. The second-order valence-corrected chi connectivity index (χ2v) is 10.7. The lowest BCUT2D eigenvalue weighted by Crippen LogP contribution is -2.36. The summed E-state index contributed by atoms with van der Waals surface area (Å²) in [7, 11) is 1.86. The van der Waals surface area contributed by atoms with Gasteiger partial charge in [-0.1, -0.05) is 6.92 Å². The van der Waals surface area contributed by atoms with Crippen LogP contribution in [0.15, 0.2) is 54.3 Å². The summed E-state index contributed by atoms with van der Waals surface area (Å²) in [6.45, 7) is 9.88. The van der Waals surface area contributed by atoms with E-state index in [0.29, 0.717) is 18.2 Å². The average molecular weight is 515 g/mol. The zero-order valence-electron chi connectivity index (χ0n) is 22.4. The number of dihydropyridines is 1. The van der Waals surface area contributed by atoms with Gasteiger partial charge in [0.25, 0.3) is 0 Å². The van der Waals surface area contributed by atoms with E-state index in [-0.39, 0.29) is 11.5 Å². The number of nitriles is 1. The van der Waals surface area contributed by atoms with Crippen LogP contribution in [0, 0.1) is 28.6 Å². The summed E-state index contributed by atoms with van der Waals surface area (Å²) < 4.78 is 7.09. The highest BCUT2D eigenvalue weighted by Gasteiger charge is 2.31. The Hall–Kier alpha value is -4.39. The number of ether oxygens (including phenoxy) is 1. The Kier molecular flexibility index (Phi) is 7.67. The molecule has 2 aromatic heterocycles. The maximum atomic E-state index is 12.1. The molecule has 1 fully saturated rings. The molecule has 1 saturated heterocycles. The van der Waals surface area contributed by atoms with Crippen LogP contribution in [0.3, 0.4) is 0 Å². The van der Waals surface area contributed by atoms with Gasteiger partial charge in [-0.25, -0.2) is 9.78 Å². The van der Waals surface area contributed by atoms with Gasteiger partial charge in [-0.3, -0.25) is 4.68 Å². The Morgan fingerprint density at radius 1 is 1.32 bits per heavy atom. The van der Waals surface area contributed by atoms with Gasteiger partial charge in [0.05, 0.1) is 17.5 Å². The molecule has 1 amide bonds. The fourth-order valence-electron chi connectivity index (χ4n) is 4.59. The first kappa shape index (κ1) is 26.7. The van der Waals surface area contributed by atoms with Crippen molar-refractivity contribution in [2.75, 3.05) is 24.5 Å². The van der Waals surface area contributed by atoms with E-state index in [0.717, 1.165) is 47.4 Å². The van der Waals surface area contributed by atoms with Crippen LogP contribution in [0.4, 0.5) is 10.6 Å². The molecule has 198 valence electrons. The molecule has 0 aliphatic carbocycles. The van der Waals surface area contributed by atoms with Crippen molar-refractivity contribution >= 4 is 29.3 Å². The second kappa shape index (κ2) is 10.9. The fraction of sp³-hybridized carbons (Fsp3) is 0.393. The lowest BCUT2D eigenvalue weighted by molar-refractivity contribution is 0.0518. The van der Waals surface area contributed by atoms with Crippen molar-refractivity contribution in [3.63, 3.8) is 0 Å². The van der Waals surface area contributed by atoms with E-state index in [9.17, 15) is 10.1 Å². The number of alkyl carbamates (subject to hydrolysis) is 1. The minimum atomic E-state index is -0.525. The van der Waals surface area contributed by atoms with Gasteiger partial charge in [0.15, 0.2) is 0 Å². The number of hydrogen-bond acceptors (Lipinski definition) is 8. The minimum Gasteiger partial charge on any atom is -0.444 e. The first-order chi connectivity index (χ1) is 18.1. The molecule has 10 nitrogen and oxygen atoms in total. The molecule has 4 heterocycles. The molecule has 0 radical (unpaired) electrons. The van der Waals surface area contributed by atoms with Crippen LogP contribution in [0.1, 0.15) is 38.8 Å². The summed E-state index contributed by atoms with van der Waals surface area (Å²) in [5.41, 5.74) is 3.73. The van der Waals surface area contributed by atoms with Crippen molar-refractivity contribution in [3.05, 3.63) is 65.4 Å². The lowest BCUT2D eigenvalue weighted by Gasteiger charge is -2.22. The van der Waals surface area contributed by atoms with Crippen molar-refractivity contribution < 1.29 is 9.53 Å². The number of amides is 1. The summed E-state index contributed by atoms with van der Waals surface area (Å²) in [5.74, 6) is 1.51. The Bertz CT molecular complexity index is 1340. The molecular weight excluding hydrogens is 480 g/mol. The molecule has 0 bridgehead atoms. The Morgan fingerprint density at radius 2 is 2.11 bits per heavy atom. The van der Waals surface area contributed by atoms with Crippen molar-refractivity contribution in [1.29, 1.82) is 10.7 Å². The first-order valence-corrected chi connectivity index (χ1v) is 12.6. The molecule has 2 atom stereocenters. The monoisotopic (exact) mass is 514 g/mol. The molecule has 2 aromatic rings. The van der Waals surface area contributed by atoms with Crippen LogP contribution >= 0.6 is 0 Å². The first-order valence-electron chi connectivity index (χ1n) is 12.6. The molecule has 0 spiro atoms. The van der Waals surface area contributed by atoms with Gasteiger partial charge in [0.2, 0.25) is 0 Å². The van der Waals surface area contributed by atoms with Gasteiger partial charge >= 0.3 is 6.09 Å². The number of aryl methyl sites for hydroxylation is 1. The van der Waals surface area contributed by atoms with E-state index in [1.54, 1.807) is 17.1 Å². The van der Waals surface area contributed by atoms with E-state index in [2.05, 4.69) is 33.6 Å². The third kappa shape index (κ3) is 6.11. The number of carbonyl (C=O) groups is 1. The topological polar surface area (TPSA) is 132 Å². The van der Waals surface area contributed by atoms with Crippen LogP contribution in [0.2, 0.25) is 0 Å². The predicted octanol–water partition coefficient (Wildman–Crippen LogP) is 3.87. The van der Waals surface area contributed by atoms with E-state index >= 15 is 0 Å². The minimum absolute atomic E-state index is 0.232. The molecule has 0 saturated carbocycles. The highest BCUT2D eigenvalue weighted by atomic mass is 16.6. The molecule has 2 aliphatic rings. The summed E-state index contributed by atoms with van der Waals surface area (Å²) in [6.07, 6.45) is 9.95. The number of nitrogens with one attached hydrogen (secondary N) is 3. The highest BCUT2D eigenvalue weighted by molar-refractivity contribution is 5.97. The standard InChI is InChI=1S/C28H34N8O2/c1-18-15-36(17-22(18)13-33-27(37)38-28(2,3)4)25-7-6-19(11-31-25)24-8-20(23-14-34-35(5)16-23)12-32-26(24)21(9-29)10-30/h6-9,11-12,14,16,18,22,29,32H,13,15,17H2,1-5H3,(H,33,37)/b26-21+,29-9?. The second-order valence-electron chi connectivity index (χ2n) is 10.7. The third-order valence-electron chi connectivity index (χ3n) is 6.57. The van der Waals surface area contributed by atoms with Crippen molar-refractivity contribution in [2.45, 2.75) is 33.3 Å². The van der Waals surface area contributed by atoms with Crippen LogP contribution in [-0.2, 0) is 11.8 Å². The van der Waals surface area contributed by atoms with E-state index in [1.807, 2.05) is 58.4 Å². The fourth-order valence-corrected chi connectivity index (χ4v) is 4.59. The predicted molar refractivity (Wildman–Crippen MR) is 147 cm³/mol. The Morgan fingerprint density at radius 3 is 2.71 bits per heavy atom. The van der Waals surface area contributed by atoms with Crippen LogP contribution in [-0.4, -0.2) is 52.3 Å². The van der Waals surface area contributed by atoms with Gasteiger partial charge in [-0.05, 0) is 50.8 Å². The molecule has 38 heavy (non-hydrogen) atoms. The summed E-state index contributed by atoms with van der Waals surface area (Å²) >= 11 is 0. The number of anilines is 1. The molecular formula is C28H34N8O2. The van der Waals surface area contributed by atoms with E-state index in [4.69, 9.17) is 15.1 Å². The zero-order chi connectivity index (χ0) is 27.4. The van der Waals surface area contributed by atoms with E-state index < -0.39 is 11.7 Å². The molecule has 2 aliphatic heterocycles. The molecule has 2 unspecified atom stereocenters. The lowest BCUT2D eigenvalue weighted by atomic mass is 9.94. The van der Waals surface area contributed by atoms with Gasteiger partial charge in [0, 0.05) is 73.8 Å². The maximum absolute atomic E-state index is 12.1. The molecule has 4 rings (SSSR count). The third-order valence-corrected chi connectivity index (χ3v) is 6.57. The Labute approximate surface area is 223 Å².